The van der Waals surface area contributed by atoms with Crippen molar-refractivity contribution in [3.63, 3.8) is 0 Å². The van der Waals surface area contributed by atoms with E-state index in [1.165, 1.54) is 6.07 Å². The van der Waals surface area contributed by atoms with Gasteiger partial charge in [0.25, 0.3) is 0 Å². The van der Waals surface area contributed by atoms with Crippen LogP contribution < -0.4 is 19.9 Å². The van der Waals surface area contributed by atoms with Gasteiger partial charge in [-0.1, -0.05) is 35.9 Å². The highest BCUT2D eigenvalue weighted by Crippen LogP contribution is 2.66. The summed E-state index contributed by atoms with van der Waals surface area (Å²) in [6.45, 7) is 0. The number of nitrogens with two attached hydrogens (primary N) is 1. The molecule has 0 amide bonds. The topological polar surface area (TPSA) is 53.7 Å². The number of hydrogen-bond donors (Lipinski definition) is 1. The average molecular weight is 440 g/mol. The molecule has 1 heterocycles. The van der Waals surface area contributed by atoms with E-state index in [1.54, 1.807) is 26.4 Å². The number of rotatable bonds is 4. The van der Waals surface area contributed by atoms with E-state index in [0.29, 0.717) is 28.7 Å². The minimum absolute atomic E-state index is 0.160. The Bertz CT molecular complexity index is 1140. The van der Waals surface area contributed by atoms with Gasteiger partial charge in [0.15, 0.2) is 0 Å². The minimum Gasteiger partial charge on any atom is -0.496 e. The van der Waals surface area contributed by atoms with Crippen LogP contribution in [0.4, 0.5) is 4.39 Å². The Balaban J connectivity index is 1.77. The number of hydrogen-bond acceptors (Lipinski definition) is 4. The molecule has 5 rings (SSSR count). The average Bonchev–Trinajstić information content (AvgIpc) is 3.26. The van der Waals surface area contributed by atoms with Crippen molar-refractivity contribution in [2.45, 2.75) is 29.9 Å². The molecule has 0 aromatic heterocycles. The summed E-state index contributed by atoms with van der Waals surface area (Å²) in [6, 6.07) is 17.8. The zero-order valence-electron chi connectivity index (χ0n) is 17.3. The smallest absolute Gasteiger partial charge is 0.149 e. The van der Waals surface area contributed by atoms with E-state index in [9.17, 15) is 4.39 Å². The van der Waals surface area contributed by atoms with Crippen molar-refractivity contribution in [2.75, 3.05) is 14.2 Å². The fourth-order valence-electron chi connectivity index (χ4n) is 5.37. The van der Waals surface area contributed by atoms with Crippen LogP contribution in [0.25, 0.3) is 0 Å². The third kappa shape index (κ3) is 2.99. The molecule has 4 nitrogen and oxygen atoms in total. The maximum atomic E-state index is 14.2. The molecule has 2 aliphatic rings. The predicted molar refractivity (Wildman–Crippen MR) is 118 cm³/mol. The van der Waals surface area contributed by atoms with Gasteiger partial charge in [-0.15, -0.1) is 0 Å². The van der Waals surface area contributed by atoms with E-state index in [4.69, 9.17) is 31.5 Å². The van der Waals surface area contributed by atoms with Crippen LogP contribution in [0.2, 0.25) is 5.02 Å². The first-order valence-corrected chi connectivity index (χ1v) is 10.6. The first kappa shape index (κ1) is 20.2. The molecule has 1 aliphatic heterocycles. The highest BCUT2D eigenvalue weighted by atomic mass is 35.5. The van der Waals surface area contributed by atoms with Gasteiger partial charge in [-0.25, -0.2) is 4.39 Å². The van der Waals surface area contributed by atoms with Crippen LogP contribution in [-0.2, 0) is 5.60 Å². The van der Waals surface area contributed by atoms with Crippen LogP contribution in [0, 0.1) is 5.82 Å². The molecule has 1 fully saturated rings. The van der Waals surface area contributed by atoms with Gasteiger partial charge in [-0.05, 0) is 41.8 Å². The van der Waals surface area contributed by atoms with Gasteiger partial charge in [0.05, 0.1) is 20.1 Å². The van der Waals surface area contributed by atoms with Gasteiger partial charge in [-0.3, -0.25) is 0 Å². The SMILES string of the molecule is COc1cc(OC)c2c(c1)O[C@@]1(c3ccc(Cl)cc3)[C@@H](c3cccc(F)c3)C[C@@H](N)[C@@H]21. The first-order valence-electron chi connectivity index (χ1n) is 10.2. The van der Waals surface area contributed by atoms with Crippen LogP contribution >= 0.6 is 11.6 Å². The zero-order chi connectivity index (χ0) is 21.8. The van der Waals surface area contributed by atoms with Crippen molar-refractivity contribution in [3.8, 4) is 17.2 Å². The number of methoxy groups -OCH3 is 2. The van der Waals surface area contributed by atoms with E-state index in [-0.39, 0.29) is 23.7 Å². The Morgan fingerprint density at radius 2 is 1.84 bits per heavy atom. The lowest BCUT2D eigenvalue weighted by Gasteiger charge is -2.36. The Kier molecular flexibility index (Phi) is 4.83. The fourth-order valence-corrected chi connectivity index (χ4v) is 5.50. The number of halogens is 2. The van der Waals surface area contributed by atoms with Crippen molar-refractivity contribution < 1.29 is 18.6 Å². The van der Waals surface area contributed by atoms with Crippen molar-refractivity contribution in [2.24, 2.45) is 5.73 Å². The Labute approximate surface area is 185 Å². The van der Waals surface area contributed by atoms with E-state index in [2.05, 4.69) is 0 Å². The fraction of sp³-hybridized carbons (Fsp3) is 0.280. The molecule has 1 saturated carbocycles. The monoisotopic (exact) mass is 439 g/mol. The van der Waals surface area contributed by atoms with E-state index < -0.39 is 5.60 Å². The maximum absolute atomic E-state index is 14.2. The quantitative estimate of drug-likeness (QED) is 0.592. The lowest BCUT2D eigenvalue weighted by molar-refractivity contribution is 0.0626. The summed E-state index contributed by atoms with van der Waals surface area (Å²) in [4.78, 5) is 0. The molecular formula is C25H23ClFNO3. The van der Waals surface area contributed by atoms with Gasteiger partial charge >= 0.3 is 0 Å². The van der Waals surface area contributed by atoms with Crippen LogP contribution in [0.15, 0.2) is 60.7 Å². The van der Waals surface area contributed by atoms with Gasteiger partial charge in [-0.2, -0.15) is 0 Å². The molecule has 0 saturated heterocycles. The molecule has 0 bridgehead atoms. The number of benzene rings is 3. The summed E-state index contributed by atoms with van der Waals surface area (Å²) in [5.41, 5.74) is 8.66. The molecule has 4 atom stereocenters. The van der Waals surface area contributed by atoms with Crippen molar-refractivity contribution >= 4 is 11.6 Å². The normalized spacial score (nSPS) is 26.2. The second kappa shape index (κ2) is 7.43. The van der Waals surface area contributed by atoms with Gasteiger partial charge in [0.2, 0.25) is 0 Å². The summed E-state index contributed by atoms with van der Waals surface area (Å²) in [6.07, 6.45) is 0.644. The molecule has 160 valence electrons. The van der Waals surface area contributed by atoms with E-state index in [0.717, 1.165) is 16.7 Å². The first-order chi connectivity index (χ1) is 15.0. The minimum atomic E-state index is -0.820. The van der Waals surface area contributed by atoms with Crippen molar-refractivity contribution in [1.29, 1.82) is 0 Å². The third-order valence-corrected chi connectivity index (χ3v) is 6.84. The van der Waals surface area contributed by atoms with Crippen LogP contribution in [0.1, 0.15) is 34.9 Å². The lowest BCUT2D eigenvalue weighted by atomic mass is 9.74. The van der Waals surface area contributed by atoms with E-state index >= 15 is 0 Å². The lowest BCUT2D eigenvalue weighted by Crippen LogP contribution is -2.39. The highest BCUT2D eigenvalue weighted by molar-refractivity contribution is 6.30. The summed E-state index contributed by atoms with van der Waals surface area (Å²) in [5.74, 6) is 1.36. The number of fused-ring (bicyclic) bond motifs is 3. The molecule has 3 aromatic carbocycles. The molecular weight excluding hydrogens is 417 g/mol. The van der Waals surface area contributed by atoms with Crippen LogP contribution in [0.5, 0.6) is 17.2 Å². The highest BCUT2D eigenvalue weighted by Gasteiger charge is 2.63. The van der Waals surface area contributed by atoms with Gasteiger partial charge in [0.1, 0.15) is 28.7 Å². The van der Waals surface area contributed by atoms with Crippen LogP contribution in [0.3, 0.4) is 0 Å². The molecule has 0 unspecified atom stereocenters. The Morgan fingerprint density at radius 1 is 1.06 bits per heavy atom. The van der Waals surface area contributed by atoms with Crippen molar-refractivity contribution in [3.05, 3.63) is 88.2 Å². The Morgan fingerprint density at radius 3 is 2.52 bits per heavy atom. The third-order valence-electron chi connectivity index (χ3n) is 6.59. The summed E-state index contributed by atoms with van der Waals surface area (Å²) in [7, 11) is 3.23. The summed E-state index contributed by atoms with van der Waals surface area (Å²) < 4.78 is 32.2. The van der Waals surface area contributed by atoms with Crippen LogP contribution in [-0.4, -0.2) is 20.3 Å². The molecule has 2 N–H and O–H groups in total. The second-order valence-electron chi connectivity index (χ2n) is 8.13. The molecule has 0 spiro atoms. The largest absolute Gasteiger partial charge is 0.496 e. The second-order valence-corrected chi connectivity index (χ2v) is 8.56. The van der Waals surface area contributed by atoms with Gasteiger partial charge < -0.3 is 19.9 Å². The molecule has 31 heavy (non-hydrogen) atoms. The summed E-state index contributed by atoms with van der Waals surface area (Å²) >= 11 is 6.19. The number of ether oxygens (including phenoxy) is 3. The van der Waals surface area contributed by atoms with Gasteiger partial charge in [0, 0.05) is 34.7 Å². The standard InChI is InChI=1S/C25H23ClFNO3/c1-29-18-11-21(30-2)23-22(12-18)31-25(15-6-8-16(26)9-7-15)19(13-20(28)24(23)25)14-4-3-5-17(27)10-14/h3-12,19-20,24H,13,28H2,1-2H3/t19-,20-,24+,25+/m1/s1. The van der Waals surface area contributed by atoms with E-state index in [1.807, 2.05) is 42.5 Å². The van der Waals surface area contributed by atoms with Crippen molar-refractivity contribution in [1.82, 2.24) is 0 Å². The molecule has 3 aromatic rings. The molecule has 1 aliphatic carbocycles. The molecule has 6 heteroatoms. The molecule has 0 radical (unpaired) electrons. The predicted octanol–water partition coefficient (Wildman–Crippen LogP) is 5.38. The zero-order valence-corrected chi connectivity index (χ0v) is 18.0. The maximum Gasteiger partial charge on any atom is 0.149 e. The Hall–Kier alpha value is -2.76. The summed E-state index contributed by atoms with van der Waals surface area (Å²) in [5, 5.41) is 0.635.